The number of hydrogen-bond acceptors (Lipinski definition) is 7. The number of nitro benzene ring substituents is 1. The van der Waals surface area contributed by atoms with E-state index in [0.29, 0.717) is 13.1 Å². The summed E-state index contributed by atoms with van der Waals surface area (Å²) >= 11 is 0. The van der Waals surface area contributed by atoms with Gasteiger partial charge < -0.3 is 4.90 Å². The molecule has 1 fully saturated rings. The SMILES string of the molecule is O=C1C(N2CCCCC2)=C(S(=O)(=O)Nc2ccc([N+](=O)[O-])cc2)C(=O)c2ccccc21. The molecule has 1 heterocycles. The van der Waals surface area contributed by atoms with Gasteiger partial charge in [0.15, 0.2) is 4.91 Å². The minimum absolute atomic E-state index is 0.0392. The van der Waals surface area contributed by atoms with Crippen LogP contribution in [0.15, 0.2) is 59.1 Å². The fourth-order valence-electron chi connectivity index (χ4n) is 3.85. The number of non-ortho nitro benzene ring substituents is 1. The van der Waals surface area contributed by atoms with Gasteiger partial charge in [-0.15, -0.1) is 0 Å². The molecule has 160 valence electrons. The third-order valence-corrected chi connectivity index (χ3v) is 6.74. The Hall–Kier alpha value is -3.53. The van der Waals surface area contributed by atoms with Crippen molar-refractivity contribution in [2.75, 3.05) is 17.8 Å². The highest BCUT2D eigenvalue weighted by Gasteiger charge is 2.41. The van der Waals surface area contributed by atoms with Crippen LogP contribution in [0.5, 0.6) is 0 Å². The minimum Gasteiger partial charge on any atom is -0.367 e. The fraction of sp³-hybridized carbons (Fsp3) is 0.238. The summed E-state index contributed by atoms with van der Waals surface area (Å²) in [6, 6.07) is 10.9. The van der Waals surface area contributed by atoms with Gasteiger partial charge in [-0.3, -0.25) is 24.4 Å². The van der Waals surface area contributed by atoms with Crippen molar-refractivity contribution in [2.24, 2.45) is 0 Å². The van der Waals surface area contributed by atoms with Crippen LogP contribution in [0.1, 0.15) is 40.0 Å². The molecular formula is C21H19N3O6S. The number of anilines is 1. The Kier molecular flexibility index (Phi) is 5.32. The summed E-state index contributed by atoms with van der Waals surface area (Å²) in [4.78, 5) is 37.8. The Labute approximate surface area is 178 Å². The number of hydrogen-bond donors (Lipinski definition) is 1. The van der Waals surface area contributed by atoms with Gasteiger partial charge in [-0.25, -0.2) is 8.42 Å². The number of rotatable bonds is 5. The summed E-state index contributed by atoms with van der Waals surface area (Å²) in [6.07, 6.45) is 2.54. The Balaban J connectivity index is 1.81. The molecule has 31 heavy (non-hydrogen) atoms. The smallest absolute Gasteiger partial charge is 0.269 e. The van der Waals surface area contributed by atoms with Crippen molar-refractivity contribution in [3.8, 4) is 0 Å². The number of Topliss-reactive ketones (excluding diaryl/α,β-unsaturated/α-hetero) is 2. The van der Waals surface area contributed by atoms with E-state index < -0.39 is 31.4 Å². The zero-order valence-corrected chi connectivity index (χ0v) is 17.2. The zero-order valence-electron chi connectivity index (χ0n) is 16.4. The number of likely N-dealkylation sites (tertiary alicyclic amines) is 1. The van der Waals surface area contributed by atoms with Gasteiger partial charge in [-0.1, -0.05) is 24.3 Å². The molecule has 2 aromatic carbocycles. The molecule has 1 saturated heterocycles. The molecule has 1 aliphatic heterocycles. The Morgan fingerprint density at radius 1 is 0.871 bits per heavy atom. The number of allylic oxidation sites excluding steroid dienone is 2. The van der Waals surface area contributed by atoms with Gasteiger partial charge in [0.25, 0.3) is 15.7 Å². The van der Waals surface area contributed by atoms with E-state index in [0.717, 1.165) is 31.4 Å². The second-order valence-electron chi connectivity index (χ2n) is 7.34. The number of benzene rings is 2. The molecule has 2 aliphatic rings. The molecule has 0 saturated carbocycles. The van der Waals surface area contributed by atoms with Crippen molar-refractivity contribution in [2.45, 2.75) is 19.3 Å². The third-order valence-electron chi connectivity index (χ3n) is 5.32. The molecule has 0 atom stereocenters. The first-order valence-electron chi connectivity index (χ1n) is 9.74. The lowest BCUT2D eigenvalue weighted by atomic mass is 9.91. The number of carbonyl (C=O) groups excluding carboxylic acids is 2. The normalized spacial score (nSPS) is 16.8. The molecule has 0 radical (unpaired) electrons. The number of carbonyl (C=O) groups is 2. The van der Waals surface area contributed by atoms with E-state index in [1.54, 1.807) is 17.0 Å². The molecule has 1 N–H and O–H groups in total. The first kappa shape index (κ1) is 20.7. The number of sulfonamides is 1. The van der Waals surface area contributed by atoms with E-state index >= 15 is 0 Å². The molecule has 0 amide bonds. The zero-order chi connectivity index (χ0) is 22.2. The van der Waals surface area contributed by atoms with Gasteiger partial charge in [0, 0.05) is 42.0 Å². The highest BCUT2D eigenvalue weighted by Crippen LogP contribution is 2.33. The average Bonchev–Trinajstić information content (AvgIpc) is 2.76. The minimum atomic E-state index is -4.45. The topological polar surface area (TPSA) is 127 Å². The lowest BCUT2D eigenvalue weighted by molar-refractivity contribution is -0.384. The maximum absolute atomic E-state index is 13.3. The molecular weight excluding hydrogens is 422 g/mol. The summed E-state index contributed by atoms with van der Waals surface area (Å²) in [5.41, 5.74) is -0.0401. The van der Waals surface area contributed by atoms with Crippen molar-refractivity contribution in [1.29, 1.82) is 0 Å². The van der Waals surface area contributed by atoms with Crippen LogP contribution in [0.2, 0.25) is 0 Å². The molecule has 0 spiro atoms. The van der Waals surface area contributed by atoms with E-state index in [4.69, 9.17) is 0 Å². The quantitative estimate of drug-likeness (QED) is 0.558. The predicted octanol–water partition coefficient (Wildman–Crippen LogP) is 3.11. The lowest BCUT2D eigenvalue weighted by Crippen LogP contribution is -2.40. The van der Waals surface area contributed by atoms with Crippen molar-refractivity contribution in [3.05, 3.63) is 80.4 Å². The van der Waals surface area contributed by atoms with Crippen LogP contribution in [0, 0.1) is 10.1 Å². The first-order chi connectivity index (χ1) is 14.8. The molecule has 10 heteroatoms. The van der Waals surface area contributed by atoms with Gasteiger partial charge >= 0.3 is 0 Å². The lowest BCUT2D eigenvalue weighted by Gasteiger charge is -2.33. The van der Waals surface area contributed by atoms with Gasteiger partial charge in [0.2, 0.25) is 11.6 Å². The van der Waals surface area contributed by atoms with Crippen molar-refractivity contribution in [1.82, 2.24) is 4.90 Å². The number of nitrogens with zero attached hydrogens (tertiary/aromatic N) is 2. The van der Waals surface area contributed by atoms with Crippen LogP contribution in [0.25, 0.3) is 0 Å². The maximum atomic E-state index is 13.3. The molecule has 9 nitrogen and oxygen atoms in total. The Bertz CT molecular complexity index is 1210. The molecule has 0 unspecified atom stereocenters. The Morgan fingerprint density at radius 3 is 2.03 bits per heavy atom. The number of piperidine rings is 1. The van der Waals surface area contributed by atoms with E-state index in [1.165, 1.54) is 24.3 Å². The predicted molar refractivity (Wildman–Crippen MR) is 113 cm³/mol. The van der Waals surface area contributed by atoms with Gasteiger partial charge in [0.1, 0.15) is 5.70 Å². The van der Waals surface area contributed by atoms with Crippen LogP contribution >= 0.6 is 0 Å². The number of ketones is 2. The van der Waals surface area contributed by atoms with Crippen LogP contribution in [-0.2, 0) is 10.0 Å². The summed E-state index contributed by atoms with van der Waals surface area (Å²) in [6.45, 7) is 0.958. The van der Waals surface area contributed by atoms with E-state index in [-0.39, 0.29) is 28.2 Å². The van der Waals surface area contributed by atoms with Gasteiger partial charge in [0.05, 0.1) is 4.92 Å². The standard InChI is InChI=1S/C21H19N3O6S/c25-19-16-6-2-3-7-17(16)20(26)21(18(19)23-12-4-1-5-13-23)31(29,30)22-14-8-10-15(11-9-14)24(27)28/h2-3,6-11,22H,1,4-5,12-13H2. The average molecular weight is 441 g/mol. The van der Waals surface area contributed by atoms with Crippen molar-refractivity contribution in [3.63, 3.8) is 0 Å². The summed E-state index contributed by atoms with van der Waals surface area (Å²) in [5.74, 6) is -1.24. The van der Waals surface area contributed by atoms with Gasteiger partial charge in [-0.2, -0.15) is 0 Å². The van der Waals surface area contributed by atoms with Crippen LogP contribution in [-0.4, -0.2) is 42.9 Å². The van der Waals surface area contributed by atoms with Crippen LogP contribution in [0.4, 0.5) is 11.4 Å². The number of fused-ring (bicyclic) bond motifs is 1. The number of nitrogens with one attached hydrogen (secondary N) is 1. The molecule has 0 bridgehead atoms. The van der Waals surface area contributed by atoms with Crippen LogP contribution < -0.4 is 4.72 Å². The second-order valence-corrected chi connectivity index (χ2v) is 8.96. The van der Waals surface area contributed by atoms with Gasteiger partial charge in [-0.05, 0) is 31.4 Å². The summed E-state index contributed by atoms with van der Waals surface area (Å²) in [5, 5.41) is 10.8. The largest absolute Gasteiger partial charge is 0.367 e. The summed E-state index contributed by atoms with van der Waals surface area (Å²) in [7, 11) is -4.45. The first-order valence-corrected chi connectivity index (χ1v) is 11.2. The van der Waals surface area contributed by atoms with E-state index in [2.05, 4.69) is 4.72 Å². The molecule has 0 aromatic heterocycles. The third kappa shape index (κ3) is 3.81. The Morgan fingerprint density at radius 2 is 1.45 bits per heavy atom. The summed E-state index contributed by atoms with van der Waals surface area (Å²) < 4.78 is 28.9. The fourth-order valence-corrected chi connectivity index (χ4v) is 5.23. The monoisotopic (exact) mass is 441 g/mol. The van der Waals surface area contributed by atoms with Crippen LogP contribution in [0.3, 0.4) is 0 Å². The molecule has 1 aliphatic carbocycles. The molecule has 2 aromatic rings. The maximum Gasteiger partial charge on any atom is 0.269 e. The number of nitro groups is 1. The van der Waals surface area contributed by atoms with E-state index in [9.17, 15) is 28.1 Å². The highest BCUT2D eigenvalue weighted by atomic mass is 32.2. The molecule has 4 rings (SSSR count). The second kappa shape index (κ2) is 7.95. The van der Waals surface area contributed by atoms with E-state index in [1.807, 2.05) is 0 Å². The highest BCUT2D eigenvalue weighted by molar-refractivity contribution is 7.97. The van der Waals surface area contributed by atoms with Crippen molar-refractivity contribution >= 4 is 33.0 Å². The van der Waals surface area contributed by atoms with Crippen molar-refractivity contribution < 1.29 is 22.9 Å².